The van der Waals surface area contributed by atoms with Crippen LogP contribution in [0.1, 0.15) is 29.3 Å². The molecule has 0 saturated carbocycles. The number of fused-ring (bicyclic) bond motifs is 1. The van der Waals surface area contributed by atoms with Gasteiger partial charge >= 0.3 is 0 Å². The first-order valence-corrected chi connectivity index (χ1v) is 7.89. The van der Waals surface area contributed by atoms with E-state index in [0.717, 1.165) is 24.1 Å². The molecule has 0 spiro atoms. The van der Waals surface area contributed by atoms with Gasteiger partial charge in [-0.05, 0) is 55.7 Å². The van der Waals surface area contributed by atoms with Gasteiger partial charge in [0.25, 0.3) is 5.91 Å². The highest BCUT2D eigenvalue weighted by molar-refractivity contribution is 6.10. The molecular weight excluding hydrogens is 309 g/mol. The number of amides is 1. The minimum Gasteiger partial charge on any atom is -0.496 e. The van der Waals surface area contributed by atoms with Gasteiger partial charge in [-0.3, -0.25) is 4.79 Å². The minimum absolute atomic E-state index is 0.00470. The highest BCUT2D eigenvalue weighted by Gasteiger charge is 2.32. The fourth-order valence-corrected chi connectivity index (χ4v) is 3.21. The van der Waals surface area contributed by atoms with Gasteiger partial charge < -0.3 is 14.4 Å². The Kier molecular flexibility index (Phi) is 4.42. The number of hydrogen-bond donors (Lipinski definition) is 0. The zero-order valence-electron chi connectivity index (χ0n) is 14.0. The lowest BCUT2D eigenvalue weighted by atomic mass is 9.95. The summed E-state index contributed by atoms with van der Waals surface area (Å²) in [4.78, 5) is 15.0. The smallest absolute Gasteiger partial charge is 0.266 e. The van der Waals surface area contributed by atoms with Gasteiger partial charge in [0.15, 0.2) is 0 Å². The van der Waals surface area contributed by atoms with E-state index in [0.29, 0.717) is 17.1 Å². The lowest BCUT2D eigenvalue weighted by Crippen LogP contribution is -2.42. The molecule has 2 aromatic rings. The van der Waals surface area contributed by atoms with E-state index in [2.05, 4.69) is 0 Å². The predicted molar refractivity (Wildman–Crippen MR) is 90.5 cm³/mol. The molecule has 1 atom stereocenters. The van der Waals surface area contributed by atoms with Crippen molar-refractivity contribution in [3.05, 3.63) is 53.3 Å². The molecule has 0 aliphatic carbocycles. The number of ether oxygens (including phenoxy) is 2. The van der Waals surface area contributed by atoms with Crippen LogP contribution >= 0.6 is 0 Å². The van der Waals surface area contributed by atoms with E-state index in [1.807, 2.05) is 6.92 Å². The maximum absolute atomic E-state index is 13.5. The fourth-order valence-electron chi connectivity index (χ4n) is 3.21. The van der Waals surface area contributed by atoms with E-state index in [4.69, 9.17) is 9.47 Å². The largest absolute Gasteiger partial charge is 0.496 e. The number of aryl methyl sites for hydroxylation is 1. The first kappa shape index (κ1) is 16.3. The van der Waals surface area contributed by atoms with Crippen molar-refractivity contribution in [3.8, 4) is 11.5 Å². The molecule has 0 bridgehead atoms. The van der Waals surface area contributed by atoms with Crippen LogP contribution in [0.4, 0.5) is 10.1 Å². The van der Waals surface area contributed by atoms with Crippen molar-refractivity contribution in [1.82, 2.24) is 0 Å². The quantitative estimate of drug-likeness (QED) is 0.859. The average Bonchev–Trinajstić information content (AvgIpc) is 2.60. The Morgan fingerprint density at radius 2 is 1.83 bits per heavy atom. The molecule has 126 valence electrons. The third kappa shape index (κ3) is 2.70. The second-order valence-electron chi connectivity index (χ2n) is 5.87. The van der Waals surface area contributed by atoms with Crippen LogP contribution in [-0.4, -0.2) is 26.2 Å². The minimum atomic E-state index is -0.287. The molecule has 1 heterocycles. The van der Waals surface area contributed by atoms with Crippen molar-refractivity contribution in [2.45, 2.75) is 25.8 Å². The number of halogens is 1. The standard InChI is InChI=1S/C19H20FNO3/c1-12-7-8-13-11-14(20)9-10-15(13)21(12)19(22)18-16(23-2)5-4-6-17(18)24-3/h4-6,9-12H,7-8H2,1-3H3. The number of nitrogens with zero attached hydrogens (tertiary/aromatic N) is 1. The number of benzene rings is 2. The molecule has 0 fully saturated rings. The Morgan fingerprint density at radius 1 is 1.17 bits per heavy atom. The van der Waals surface area contributed by atoms with E-state index >= 15 is 0 Å². The molecule has 1 unspecified atom stereocenters. The summed E-state index contributed by atoms with van der Waals surface area (Å²) in [6.07, 6.45) is 1.53. The predicted octanol–water partition coefficient (Wildman–Crippen LogP) is 3.82. The van der Waals surface area contributed by atoms with Gasteiger partial charge in [0.05, 0.1) is 14.2 Å². The summed E-state index contributed by atoms with van der Waals surface area (Å²) in [7, 11) is 3.04. The Morgan fingerprint density at radius 3 is 2.46 bits per heavy atom. The lowest BCUT2D eigenvalue weighted by Gasteiger charge is -2.35. The van der Waals surface area contributed by atoms with Crippen LogP contribution in [0.5, 0.6) is 11.5 Å². The van der Waals surface area contributed by atoms with E-state index in [-0.39, 0.29) is 17.8 Å². The van der Waals surface area contributed by atoms with Gasteiger partial charge in [0.2, 0.25) is 0 Å². The first-order chi connectivity index (χ1) is 11.6. The van der Waals surface area contributed by atoms with E-state index in [9.17, 15) is 9.18 Å². The van der Waals surface area contributed by atoms with Gasteiger partial charge in [-0.2, -0.15) is 0 Å². The Balaban J connectivity index is 2.11. The topological polar surface area (TPSA) is 38.8 Å². The van der Waals surface area contributed by atoms with E-state index < -0.39 is 0 Å². The third-order valence-corrected chi connectivity index (χ3v) is 4.43. The second kappa shape index (κ2) is 6.51. The van der Waals surface area contributed by atoms with Gasteiger partial charge in [0, 0.05) is 11.7 Å². The Hall–Kier alpha value is -2.56. The van der Waals surface area contributed by atoms with Crippen LogP contribution in [0.15, 0.2) is 36.4 Å². The third-order valence-electron chi connectivity index (χ3n) is 4.43. The molecular formula is C19H20FNO3. The number of carbonyl (C=O) groups is 1. The van der Waals surface area contributed by atoms with Crippen LogP contribution < -0.4 is 14.4 Å². The Bertz CT molecular complexity index is 753. The lowest BCUT2D eigenvalue weighted by molar-refractivity contribution is 0.0969. The normalized spacial score (nSPS) is 16.5. The summed E-state index contributed by atoms with van der Waals surface area (Å²) in [6, 6.07) is 9.80. The maximum atomic E-state index is 13.5. The number of carbonyl (C=O) groups excluding carboxylic acids is 1. The van der Waals surface area contributed by atoms with Gasteiger partial charge in [-0.1, -0.05) is 6.07 Å². The highest BCUT2D eigenvalue weighted by Crippen LogP contribution is 2.36. The summed E-state index contributed by atoms with van der Waals surface area (Å²) in [5, 5.41) is 0. The van der Waals surface area contributed by atoms with E-state index in [1.165, 1.54) is 26.4 Å². The molecule has 3 rings (SSSR count). The molecule has 0 saturated heterocycles. The summed E-state index contributed by atoms with van der Waals surface area (Å²) < 4.78 is 24.2. The fraction of sp³-hybridized carbons (Fsp3) is 0.316. The molecule has 1 amide bonds. The van der Waals surface area contributed by atoms with Gasteiger partial charge in [-0.15, -0.1) is 0 Å². The van der Waals surface area contributed by atoms with Crippen LogP contribution in [0.2, 0.25) is 0 Å². The molecule has 5 heteroatoms. The number of anilines is 1. The van der Waals surface area contributed by atoms with Gasteiger partial charge in [0.1, 0.15) is 22.9 Å². The molecule has 4 nitrogen and oxygen atoms in total. The number of methoxy groups -OCH3 is 2. The van der Waals surface area contributed by atoms with Crippen molar-refractivity contribution in [2.24, 2.45) is 0 Å². The highest BCUT2D eigenvalue weighted by atomic mass is 19.1. The second-order valence-corrected chi connectivity index (χ2v) is 5.87. The molecule has 0 N–H and O–H groups in total. The van der Waals surface area contributed by atoms with Crippen LogP contribution in [-0.2, 0) is 6.42 Å². The van der Waals surface area contributed by atoms with Gasteiger partial charge in [-0.25, -0.2) is 4.39 Å². The first-order valence-electron chi connectivity index (χ1n) is 7.89. The SMILES string of the molecule is COc1cccc(OC)c1C(=O)N1c2ccc(F)cc2CCC1C. The zero-order chi connectivity index (χ0) is 17.3. The monoisotopic (exact) mass is 329 g/mol. The van der Waals surface area contributed by atoms with Crippen molar-refractivity contribution < 1.29 is 18.7 Å². The van der Waals surface area contributed by atoms with Crippen molar-refractivity contribution in [1.29, 1.82) is 0 Å². The average molecular weight is 329 g/mol. The van der Waals surface area contributed by atoms with Crippen molar-refractivity contribution >= 4 is 11.6 Å². The van der Waals surface area contributed by atoms with Crippen LogP contribution in [0.3, 0.4) is 0 Å². The summed E-state index contributed by atoms with van der Waals surface area (Å²) in [5.74, 6) is 0.427. The summed E-state index contributed by atoms with van der Waals surface area (Å²) in [6.45, 7) is 1.99. The van der Waals surface area contributed by atoms with Crippen LogP contribution in [0, 0.1) is 5.82 Å². The van der Waals surface area contributed by atoms with Crippen molar-refractivity contribution in [2.75, 3.05) is 19.1 Å². The zero-order valence-corrected chi connectivity index (χ0v) is 14.0. The Labute approximate surface area is 140 Å². The number of hydrogen-bond acceptors (Lipinski definition) is 3. The molecule has 24 heavy (non-hydrogen) atoms. The van der Waals surface area contributed by atoms with Crippen molar-refractivity contribution in [3.63, 3.8) is 0 Å². The van der Waals surface area contributed by atoms with Crippen LogP contribution in [0.25, 0.3) is 0 Å². The summed E-state index contributed by atoms with van der Waals surface area (Å²) >= 11 is 0. The van der Waals surface area contributed by atoms with E-state index in [1.54, 1.807) is 29.2 Å². The molecule has 2 aromatic carbocycles. The summed E-state index contributed by atoms with van der Waals surface area (Å²) in [5.41, 5.74) is 1.97. The molecule has 0 radical (unpaired) electrons. The molecule has 0 aromatic heterocycles. The number of rotatable bonds is 3. The molecule has 1 aliphatic rings. The molecule has 1 aliphatic heterocycles. The maximum Gasteiger partial charge on any atom is 0.266 e.